The number of hydrogen-bond acceptors (Lipinski definition) is 6. The first-order valence-corrected chi connectivity index (χ1v) is 9.08. The number of nitrogens with one attached hydrogen (secondary N) is 1. The van der Waals surface area contributed by atoms with Crippen molar-refractivity contribution in [2.45, 2.75) is 13.5 Å². The minimum atomic E-state index is -0.833. The molecule has 0 bridgehead atoms. The summed E-state index contributed by atoms with van der Waals surface area (Å²) >= 11 is 0. The second-order valence-electron chi connectivity index (χ2n) is 6.66. The highest BCUT2D eigenvalue weighted by atomic mass is 16.4. The summed E-state index contributed by atoms with van der Waals surface area (Å²) in [4.78, 5) is 31.3. The van der Waals surface area contributed by atoms with Crippen molar-refractivity contribution in [3.05, 3.63) is 53.9 Å². The molecule has 29 heavy (non-hydrogen) atoms. The van der Waals surface area contributed by atoms with Gasteiger partial charge in [-0.05, 0) is 41.0 Å². The van der Waals surface area contributed by atoms with Crippen molar-refractivity contribution < 1.29 is 19.8 Å². The van der Waals surface area contributed by atoms with Gasteiger partial charge >= 0.3 is 0 Å². The van der Waals surface area contributed by atoms with Gasteiger partial charge in [-0.1, -0.05) is 12.1 Å². The molecule has 8 nitrogen and oxygen atoms in total. The van der Waals surface area contributed by atoms with Gasteiger partial charge in [0.25, 0.3) is 11.9 Å². The van der Waals surface area contributed by atoms with E-state index >= 15 is 0 Å². The number of benzene rings is 2. The van der Waals surface area contributed by atoms with Crippen LogP contribution in [-0.2, 0) is 11.3 Å². The van der Waals surface area contributed by atoms with E-state index in [2.05, 4.69) is 21.4 Å². The van der Waals surface area contributed by atoms with Crippen LogP contribution in [0.2, 0.25) is 0 Å². The third-order valence-corrected chi connectivity index (χ3v) is 4.46. The van der Waals surface area contributed by atoms with Crippen molar-refractivity contribution in [3.63, 3.8) is 0 Å². The molecule has 0 spiro atoms. The number of hydrogen-bond donors (Lipinski definition) is 3. The Labute approximate surface area is 167 Å². The number of aromatic nitrogens is 2. The summed E-state index contributed by atoms with van der Waals surface area (Å²) in [6.07, 6.45) is 1.51. The third-order valence-electron chi connectivity index (χ3n) is 4.46. The molecule has 8 heteroatoms. The monoisotopic (exact) mass is 394 g/mol. The predicted octanol–water partition coefficient (Wildman–Crippen LogP) is 2.38. The van der Waals surface area contributed by atoms with Crippen LogP contribution in [0.3, 0.4) is 0 Å². The first kappa shape index (κ1) is 20.2. The molecule has 1 aliphatic rings. The van der Waals surface area contributed by atoms with Crippen LogP contribution in [0.4, 0.5) is 5.82 Å². The molecule has 2 aromatic carbocycles. The molecule has 150 valence electrons. The number of aliphatic hydroxyl groups is 1. The van der Waals surface area contributed by atoms with Gasteiger partial charge in [-0.25, -0.2) is 9.97 Å². The fourth-order valence-electron chi connectivity index (χ4n) is 3.20. The number of nitrogens with zero attached hydrogens (tertiary/aromatic N) is 3. The van der Waals surface area contributed by atoms with Crippen LogP contribution in [0, 0.1) is 0 Å². The maximum absolute atomic E-state index is 12.0. The normalized spacial score (nSPS) is 12.4. The minimum Gasteiger partial charge on any atom is -0.481 e. The van der Waals surface area contributed by atoms with Crippen LogP contribution in [0.25, 0.3) is 22.0 Å². The van der Waals surface area contributed by atoms with Crippen molar-refractivity contribution in [1.82, 2.24) is 14.9 Å². The summed E-state index contributed by atoms with van der Waals surface area (Å²) in [6, 6.07) is 12.0. The largest absolute Gasteiger partial charge is 0.481 e. The number of aliphatic carboxylic acids is 1. The van der Waals surface area contributed by atoms with E-state index in [1.54, 1.807) is 4.90 Å². The summed E-state index contributed by atoms with van der Waals surface area (Å²) in [5.41, 5.74) is 4.77. The zero-order valence-corrected chi connectivity index (χ0v) is 16.2. The van der Waals surface area contributed by atoms with E-state index in [4.69, 9.17) is 15.0 Å². The Morgan fingerprint density at radius 1 is 1.17 bits per heavy atom. The van der Waals surface area contributed by atoms with E-state index in [1.165, 1.54) is 6.33 Å². The molecule has 1 amide bonds. The lowest BCUT2D eigenvalue weighted by Crippen LogP contribution is -2.17. The Bertz CT molecular complexity index is 1060. The lowest BCUT2D eigenvalue weighted by Gasteiger charge is -2.09. The number of rotatable bonds is 4. The molecule has 2 heterocycles. The van der Waals surface area contributed by atoms with Crippen molar-refractivity contribution in [1.29, 1.82) is 0 Å². The Hall–Kier alpha value is -3.52. The number of anilines is 1. The van der Waals surface area contributed by atoms with Crippen LogP contribution < -0.4 is 5.32 Å². The molecule has 1 aromatic heterocycles. The summed E-state index contributed by atoms with van der Waals surface area (Å²) in [5.74, 6) is -0.0547. The summed E-state index contributed by atoms with van der Waals surface area (Å²) in [7, 11) is 1.81. The molecular weight excluding hydrogens is 372 g/mol. The number of carbonyl (C=O) groups excluding carboxylic acids is 1. The van der Waals surface area contributed by atoms with Crippen LogP contribution in [0.5, 0.6) is 0 Å². The van der Waals surface area contributed by atoms with E-state index in [1.807, 2.05) is 37.4 Å². The zero-order valence-electron chi connectivity index (χ0n) is 16.2. The van der Waals surface area contributed by atoms with Gasteiger partial charge < -0.3 is 20.4 Å². The average Bonchev–Trinajstić information content (AvgIpc) is 2.98. The van der Waals surface area contributed by atoms with Gasteiger partial charge in [0.05, 0.1) is 12.1 Å². The number of aliphatic hydroxyl groups excluding tert-OH is 1. The Morgan fingerprint density at radius 2 is 1.86 bits per heavy atom. The van der Waals surface area contributed by atoms with E-state index in [0.717, 1.165) is 40.1 Å². The first-order valence-electron chi connectivity index (χ1n) is 9.08. The van der Waals surface area contributed by atoms with Crippen molar-refractivity contribution >= 4 is 28.6 Å². The van der Waals surface area contributed by atoms with Gasteiger partial charge in [0.1, 0.15) is 12.1 Å². The smallest absolute Gasteiger partial charge is 0.300 e. The van der Waals surface area contributed by atoms with Gasteiger partial charge in [-0.15, -0.1) is 0 Å². The SMILES string of the molecule is CC(=O)O.CN1Cc2cc(-c3ccc4ncnc(NCCO)c4c3)ccc2C1=O. The maximum Gasteiger partial charge on any atom is 0.300 e. The van der Waals surface area contributed by atoms with Crippen molar-refractivity contribution in [2.75, 3.05) is 25.5 Å². The molecule has 0 saturated heterocycles. The lowest BCUT2D eigenvalue weighted by atomic mass is 9.99. The van der Waals surface area contributed by atoms with Gasteiger partial charge in [-0.2, -0.15) is 0 Å². The second-order valence-corrected chi connectivity index (χ2v) is 6.66. The molecule has 0 fully saturated rings. The summed E-state index contributed by atoms with van der Waals surface area (Å²) in [6.45, 7) is 2.20. The van der Waals surface area contributed by atoms with Crippen LogP contribution in [-0.4, -0.2) is 57.2 Å². The lowest BCUT2D eigenvalue weighted by molar-refractivity contribution is -0.134. The second kappa shape index (κ2) is 8.66. The molecule has 3 N–H and O–H groups in total. The summed E-state index contributed by atoms with van der Waals surface area (Å²) in [5, 5.41) is 20.5. The highest BCUT2D eigenvalue weighted by molar-refractivity contribution is 5.99. The number of carboxylic acids is 1. The Balaban J connectivity index is 0.000000552. The molecule has 0 saturated carbocycles. The van der Waals surface area contributed by atoms with E-state index in [0.29, 0.717) is 18.9 Å². The molecule has 3 aromatic rings. The quantitative estimate of drug-likeness (QED) is 0.622. The standard InChI is InChI=1S/C19H18N4O2.C2H4O2/c1-23-10-14-8-12(2-4-15(14)19(23)25)13-3-5-17-16(9-13)18(20-6-7-24)22-11-21-17;1-2(3)4/h2-5,8-9,11,24H,6-7,10H2,1H3,(H,20,21,22);1H3,(H,3,4). The Morgan fingerprint density at radius 3 is 2.59 bits per heavy atom. The molecule has 0 unspecified atom stereocenters. The molecule has 0 radical (unpaired) electrons. The first-order chi connectivity index (χ1) is 13.9. The topological polar surface area (TPSA) is 116 Å². The molecule has 0 aliphatic carbocycles. The minimum absolute atomic E-state index is 0.0392. The fraction of sp³-hybridized carbons (Fsp3) is 0.238. The zero-order chi connectivity index (χ0) is 21.0. The van der Waals surface area contributed by atoms with Crippen LogP contribution in [0.1, 0.15) is 22.8 Å². The van der Waals surface area contributed by atoms with Crippen molar-refractivity contribution in [2.24, 2.45) is 0 Å². The molecular formula is C21H22N4O4. The van der Waals surface area contributed by atoms with E-state index in [-0.39, 0.29) is 12.5 Å². The Kier molecular flexibility index (Phi) is 6.04. The van der Waals surface area contributed by atoms with Crippen LogP contribution >= 0.6 is 0 Å². The molecule has 1 aliphatic heterocycles. The maximum atomic E-state index is 12.0. The van der Waals surface area contributed by atoms with Gasteiger partial charge in [0, 0.05) is 38.0 Å². The van der Waals surface area contributed by atoms with Gasteiger partial charge in [0.2, 0.25) is 0 Å². The summed E-state index contributed by atoms with van der Waals surface area (Å²) < 4.78 is 0. The van der Waals surface area contributed by atoms with Crippen molar-refractivity contribution in [3.8, 4) is 11.1 Å². The molecule has 0 atom stereocenters. The number of amides is 1. The number of fused-ring (bicyclic) bond motifs is 2. The van der Waals surface area contributed by atoms with Gasteiger partial charge in [0.15, 0.2) is 0 Å². The third kappa shape index (κ3) is 4.49. The van der Waals surface area contributed by atoms with E-state index < -0.39 is 5.97 Å². The fourth-order valence-corrected chi connectivity index (χ4v) is 3.20. The number of carboxylic acid groups (broad SMARTS) is 1. The average molecular weight is 394 g/mol. The predicted molar refractivity (Wildman–Crippen MR) is 110 cm³/mol. The van der Waals surface area contributed by atoms with E-state index in [9.17, 15) is 4.79 Å². The highest BCUT2D eigenvalue weighted by Crippen LogP contribution is 2.30. The number of carbonyl (C=O) groups is 2. The molecule has 4 rings (SSSR count). The van der Waals surface area contributed by atoms with Crippen LogP contribution in [0.15, 0.2) is 42.7 Å². The highest BCUT2D eigenvalue weighted by Gasteiger charge is 2.24. The van der Waals surface area contributed by atoms with Gasteiger partial charge in [-0.3, -0.25) is 9.59 Å².